The minimum absolute atomic E-state index is 0.0312. The Labute approximate surface area is 120 Å². The SMILES string of the molecule is Cc1ccc(C(=O)N2CCCN3CCCC3C2)c(O)c1. The molecule has 2 fully saturated rings. The van der Waals surface area contributed by atoms with Crippen LogP contribution in [-0.2, 0) is 0 Å². The van der Waals surface area contributed by atoms with Gasteiger partial charge in [0.15, 0.2) is 0 Å². The van der Waals surface area contributed by atoms with E-state index in [0.717, 1.165) is 31.6 Å². The summed E-state index contributed by atoms with van der Waals surface area (Å²) in [6, 6.07) is 5.79. The predicted octanol–water partition coefficient (Wildman–Crippen LogP) is 2.01. The van der Waals surface area contributed by atoms with Crippen molar-refractivity contribution in [1.29, 1.82) is 0 Å². The van der Waals surface area contributed by atoms with Crippen molar-refractivity contribution in [2.45, 2.75) is 32.2 Å². The molecular formula is C16H22N2O2. The number of phenols is 1. The Morgan fingerprint density at radius 3 is 2.85 bits per heavy atom. The van der Waals surface area contributed by atoms with Gasteiger partial charge in [-0.05, 0) is 50.4 Å². The molecule has 20 heavy (non-hydrogen) atoms. The summed E-state index contributed by atoms with van der Waals surface area (Å²) in [6.07, 6.45) is 3.45. The summed E-state index contributed by atoms with van der Waals surface area (Å²) in [5, 5.41) is 9.99. The van der Waals surface area contributed by atoms with Crippen molar-refractivity contribution in [3.8, 4) is 5.75 Å². The fourth-order valence-electron chi connectivity index (χ4n) is 3.38. The molecule has 0 aliphatic carbocycles. The van der Waals surface area contributed by atoms with Crippen LogP contribution < -0.4 is 0 Å². The third-order valence-electron chi connectivity index (χ3n) is 4.47. The number of carbonyl (C=O) groups is 1. The Bertz CT molecular complexity index is 515. The van der Waals surface area contributed by atoms with Crippen LogP contribution in [0.5, 0.6) is 5.75 Å². The molecule has 0 bridgehead atoms. The van der Waals surface area contributed by atoms with Gasteiger partial charge in [-0.15, -0.1) is 0 Å². The minimum atomic E-state index is -0.0312. The topological polar surface area (TPSA) is 43.8 Å². The average Bonchev–Trinajstić information content (AvgIpc) is 2.75. The Hall–Kier alpha value is -1.55. The van der Waals surface area contributed by atoms with Crippen LogP contribution in [0.1, 0.15) is 35.2 Å². The molecule has 2 aliphatic heterocycles. The molecule has 1 atom stereocenters. The molecule has 1 aromatic carbocycles. The van der Waals surface area contributed by atoms with Crippen molar-refractivity contribution in [1.82, 2.24) is 9.80 Å². The Balaban J connectivity index is 1.79. The monoisotopic (exact) mass is 274 g/mol. The van der Waals surface area contributed by atoms with Crippen molar-refractivity contribution >= 4 is 5.91 Å². The van der Waals surface area contributed by atoms with Gasteiger partial charge in [-0.1, -0.05) is 6.07 Å². The molecular weight excluding hydrogens is 252 g/mol. The van der Waals surface area contributed by atoms with Crippen LogP contribution in [0.4, 0.5) is 0 Å². The van der Waals surface area contributed by atoms with Gasteiger partial charge in [0.05, 0.1) is 5.56 Å². The number of nitrogens with zero attached hydrogens (tertiary/aromatic N) is 2. The van der Waals surface area contributed by atoms with E-state index < -0.39 is 0 Å². The highest BCUT2D eigenvalue weighted by Gasteiger charge is 2.31. The second kappa shape index (κ2) is 5.44. The number of rotatable bonds is 1. The van der Waals surface area contributed by atoms with Crippen LogP contribution in [0.2, 0.25) is 0 Å². The number of carbonyl (C=O) groups excluding carboxylic acids is 1. The standard InChI is InChI=1S/C16H22N2O2/c1-12-5-6-14(15(19)10-12)16(20)18-9-3-8-17-7-2-4-13(17)11-18/h5-6,10,13,19H,2-4,7-9,11H2,1H3. The third-order valence-corrected chi connectivity index (χ3v) is 4.47. The minimum Gasteiger partial charge on any atom is -0.507 e. The first-order chi connectivity index (χ1) is 9.65. The van der Waals surface area contributed by atoms with Crippen LogP contribution in [0.3, 0.4) is 0 Å². The van der Waals surface area contributed by atoms with Crippen molar-refractivity contribution in [3.63, 3.8) is 0 Å². The number of fused-ring (bicyclic) bond motifs is 1. The first kappa shape index (κ1) is 13.4. The predicted molar refractivity (Wildman–Crippen MR) is 78.0 cm³/mol. The second-order valence-electron chi connectivity index (χ2n) is 5.96. The van der Waals surface area contributed by atoms with Crippen molar-refractivity contribution < 1.29 is 9.90 Å². The Morgan fingerprint density at radius 1 is 1.25 bits per heavy atom. The molecule has 0 saturated carbocycles. The number of aromatic hydroxyl groups is 1. The maximum absolute atomic E-state index is 12.6. The molecule has 1 amide bonds. The Kier molecular flexibility index (Phi) is 3.66. The van der Waals surface area contributed by atoms with E-state index in [-0.39, 0.29) is 11.7 Å². The van der Waals surface area contributed by atoms with Crippen molar-refractivity contribution in [2.24, 2.45) is 0 Å². The summed E-state index contributed by atoms with van der Waals surface area (Å²) in [5.41, 5.74) is 1.40. The molecule has 1 aromatic rings. The summed E-state index contributed by atoms with van der Waals surface area (Å²) >= 11 is 0. The van der Waals surface area contributed by atoms with Crippen LogP contribution in [0, 0.1) is 6.92 Å². The van der Waals surface area contributed by atoms with E-state index in [1.54, 1.807) is 12.1 Å². The van der Waals surface area contributed by atoms with Gasteiger partial charge in [-0.3, -0.25) is 9.69 Å². The zero-order valence-electron chi connectivity index (χ0n) is 12.0. The summed E-state index contributed by atoms with van der Waals surface area (Å²) in [5.74, 6) is 0.0683. The van der Waals surface area contributed by atoms with Gasteiger partial charge in [-0.2, -0.15) is 0 Å². The van der Waals surface area contributed by atoms with Crippen LogP contribution >= 0.6 is 0 Å². The van der Waals surface area contributed by atoms with Gasteiger partial charge in [0.2, 0.25) is 0 Å². The van der Waals surface area contributed by atoms with E-state index in [4.69, 9.17) is 0 Å². The van der Waals surface area contributed by atoms with Gasteiger partial charge in [-0.25, -0.2) is 0 Å². The molecule has 2 heterocycles. The van der Waals surface area contributed by atoms with E-state index in [1.807, 2.05) is 17.9 Å². The summed E-state index contributed by atoms with van der Waals surface area (Å²) in [7, 11) is 0. The van der Waals surface area contributed by atoms with E-state index in [2.05, 4.69) is 4.90 Å². The molecule has 0 spiro atoms. The van der Waals surface area contributed by atoms with Crippen molar-refractivity contribution in [2.75, 3.05) is 26.2 Å². The number of aryl methyl sites for hydroxylation is 1. The lowest BCUT2D eigenvalue weighted by atomic mass is 10.1. The van der Waals surface area contributed by atoms with Gasteiger partial charge in [0.25, 0.3) is 5.91 Å². The van der Waals surface area contributed by atoms with E-state index in [1.165, 1.54) is 19.4 Å². The molecule has 1 N–H and O–H groups in total. The number of hydrogen-bond donors (Lipinski definition) is 1. The van der Waals surface area contributed by atoms with Gasteiger partial charge >= 0.3 is 0 Å². The number of phenolic OH excluding ortho intramolecular Hbond substituents is 1. The normalized spacial score (nSPS) is 23.4. The lowest BCUT2D eigenvalue weighted by molar-refractivity contribution is 0.0740. The molecule has 2 aliphatic rings. The van der Waals surface area contributed by atoms with Gasteiger partial charge in [0.1, 0.15) is 5.75 Å². The lowest BCUT2D eigenvalue weighted by Crippen LogP contribution is -2.39. The number of amides is 1. The molecule has 4 heteroatoms. The zero-order valence-corrected chi connectivity index (χ0v) is 12.0. The molecule has 0 radical (unpaired) electrons. The fraction of sp³-hybridized carbons (Fsp3) is 0.562. The van der Waals surface area contributed by atoms with E-state index in [9.17, 15) is 9.90 Å². The summed E-state index contributed by atoms with van der Waals surface area (Å²) in [6.45, 7) is 5.76. The fourth-order valence-corrected chi connectivity index (χ4v) is 3.38. The average molecular weight is 274 g/mol. The largest absolute Gasteiger partial charge is 0.507 e. The smallest absolute Gasteiger partial charge is 0.257 e. The summed E-state index contributed by atoms with van der Waals surface area (Å²) < 4.78 is 0. The van der Waals surface area contributed by atoms with Crippen molar-refractivity contribution in [3.05, 3.63) is 29.3 Å². The van der Waals surface area contributed by atoms with E-state index >= 15 is 0 Å². The van der Waals surface area contributed by atoms with Gasteiger partial charge < -0.3 is 10.0 Å². The van der Waals surface area contributed by atoms with E-state index in [0.29, 0.717) is 11.6 Å². The highest BCUT2D eigenvalue weighted by atomic mass is 16.3. The summed E-state index contributed by atoms with van der Waals surface area (Å²) in [4.78, 5) is 17.0. The quantitative estimate of drug-likeness (QED) is 0.852. The highest BCUT2D eigenvalue weighted by molar-refractivity contribution is 5.97. The molecule has 2 saturated heterocycles. The third kappa shape index (κ3) is 2.52. The lowest BCUT2D eigenvalue weighted by Gasteiger charge is -2.26. The second-order valence-corrected chi connectivity index (χ2v) is 5.96. The van der Waals surface area contributed by atoms with Crippen LogP contribution in [0.25, 0.3) is 0 Å². The first-order valence-electron chi connectivity index (χ1n) is 7.48. The van der Waals surface area contributed by atoms with Crippen LogP contribution in [-0.4, -0.2) is 53.0 Å². The maximum Gasteiger partial charge on any atom is 0.257 e. The molecule has 0 aromatic heterocycles. The molecule has 108 valence electrons. The molecule has 1 unspecified atom stereocenters. The van der Waals surface area contributed by atoms with Crippen LogP contribution in [0.15, 0.2) is 18.2 Å². The maximum atomic E-state index is 12.6. The van der Waals surface area contributed by atoms with Gasteiger partial charge in [0, 0.05) is 25.7 Å². The Morgan fingerprint density at radius 2 is 2.05 bits per heavy atom. The first-order valence-corrected chi connectivity index (χ1v) is 7.48. The number of benzene rings is 1. The zero-order chi connectivity index (χ0) is 14.1. The molecule has 3 rings (SSSR count). The number of hydrogen-bond acceptors (Lipinski definition) is 3. The molecule has 4 nitrogen and oxygen atoms in total. The highest BCUT2D eigenvalue weighted by Crippen LogP contribution is 2.25.